The molecule has 4 aromatic heterocycles. The summed E-state index contributed by atoms with van der Waals surface area (Å²) in [5, 5.41) is 11.1. The van der Waals surface area contributed by atoms with Crippen LogP contribution in [-0.4, -0.2) is 19.9 Å². The summed E-state index contributed by atoms with van der Waals surface area (Å²) in [7, 11) is 0. The lowest BCUT2D eigenvalue weighted by Gasteiger charge is -2.10. The number of hydrogen-bond acceptors (Lipinski definition) is 6. The van der Waals surface area contributed by atoms with Gasteiger partial charge in [0, 0.05) is 45.3 Å². The van der Waals surface area contributed by atoms with E-state index in [-0.39, 0.29) is 0 Å². The SMILES string of the molecule is c1cnc2c(c1)ccc1ccc(Nc3ccc(Nc4ccc5ccc6cccnc6c5n4)cc3)nc12. The molecule has 0 spiro atoms. The predicted octanol–water partition coefficient (Wildman–Crippen LogP) is 7.37. The molecule has 6 nitrogen and oxygen atoms in total. The van der Waals surface area contributed by atoms with Crippen LogP contribution in [0.2, 0.25) is 0 Å². The number of rotatable bonds is 4. The van der Waals surface area contributed by atoms with E-state index in [9.17, 15) is 0 Å². The molecule has 2 N–H and O–H groups in total. The third-order valence-electron chi connectivity index (χ3n) is 6.29. The van der Waals surface area contributed by atoms with E-state index in [1.54, 1.807) is 12.4 Å². The lowest BCUT2D eigenvalue weighted by molar-refractivity contribution is 1.35. The number of fused-ring (bicyclic) bond motifs is 6. The zero-order valence-electron chi connectivity index (χ0n) is 19.2. The highest BCUT2D eigenvalue weighted by atomic mass is 15.0. The molecule has 0 radical (unpaired) electrons. The van der Waals surface area contributed by atoms with Crippen molar-refractivity contribution in [1.29, 1.82) is 0 Å². The van der Waals surface area contributed by atoms with E-state index >= 15 is 0 Å². The van der Waals surface area contributed by atoms with Crippen molar-refractivity contribution in [3.05, 3.63) is 109 Å². The third-order valence-corrected chi connectivity index (χ3v) is 6.29. The largest absolute Gasteiger partial charge is 0.340 e. The van der Waals surface area contributed by atoms with Gasteiger partial charge in [-0.15, -0.1) is 0 Å². The first-order chi connectivity index (χ1) is 17.8. The van der Waals surface area contributed by atoms with Crippen molar-refractivity contribution in [2.75, 3.05) is 10.6 Å². The average Bonchev–Trinajstić information content (AvgIpc) is 2.94. The minimum absolute atomic E-state index is 0.775. The molecule has 36 heavy (non-hydrogen) atoms. The maximum Gasteiger partial charge on any atom is 0.131 e. The van der Waals surface area contributed by atoms with Gasteiger partial charge in [-0.05, 0) is 60.7 Å². The highest BCUT2D eigenvalue weighted by molar-refractivity contribution is 6.04. The van der Waals surface area contributed by atoms with Crippen LogP contribution in [0.25, 0.3) is 43.6 Å². The van der Waals surface area contributed by atoms with Gasteiger partial charge in [0.05, 0.1) is 22.1 Å². The molecule has 0 fully saturated rings. The van der Waals surface area contributed by atoms with Crippen molar-refractivity contribution in [1.82, 2.24) is 19.9 Å². The molecule has 7 aromatic rings. The fraction of sp³-hybridized carbons (Fsp3) is 0. The maximum absolute atomic E-state index is 4.84. The first kappa shape index (κ1) is 20.3. The Morgan fingerprint density at radius 3 is 1.22 bits per heavy atom. The summed E-state index contributed by atoms with van der Waals surface area (Å²) < 4.78 is 0. The number of pyridine rings is 4. The highest BCUT2D eigenvalue weighted by Crippen LogP contribution is 2.27. The number of nitrogens with zero attached hydrogens (tertiary/aromatic N) is 4. The van der Waals surface area contributed by atoms with Gasteiger partial charge >= 0.3 is 0 Å². The lowest BCUT2D eigenvalue weighted by Crippen LogP contribution is -1.97. The molecule has 0 saturated carbocycles. The van der Waals surface area contributed by atoms with Crippen molar-refractivity contribution >= 4 is 66.6 Å². The normalized spacial score (nSPS) is 11.3. The van der Waals surface area contributed by atoms with Gasteiger partial charge in [0.15, 0.2) is 0 Å². The van der Waals surface area contributed by atoms with Crippen LogP contribution in [0.15, 0.2) is 109 Å². The summed E-state index contributed by atoms with van der Waals surface area (Å²) >= 11 is 0. The molecule has 0 saturated heterocycles. The van der Waals surface area contributed by atoms with Crippen LogP contribution in [-0.2, 0) is 0 Å². The van der Waals surface area contributed by atoms with E-state index in [4.69, 9.17) is 9.97 Å². The molecular weight excluding hydrogens is 444 g/mol. The summed E-state index contributed by atoms with van der Waals surface area (Å²) in [5.74, 6) is 1.55. The Balaban J connectivity index is 1.15. The predicted molar refractivity (Wildman–Crippen MR) is 147 cm³/mol. The Kier molecular flexibility index (Phi) is 4.67. The summed E-state index contributed by atoms with van der Waals surface area (Å²) in [4.78, 5) is 18.7. The van der Waals surface area contributed by atoms with Gasteiger partial charge < -0.3 is 10.6 Å². The minimum atomic E-state index is 0.775. The van der Waals surface area contributed by atoms with Crippen LogP contribution in [0, 0.1) is 0 Å². The summed E-state index contributed by atoms with van der Waals surface area (Å²) in [5.41, 5.74) is 5.49. The molecule has 0 atom stereocenters. The van der Waals surface area contributed by atoms with Crippen molar-refractivity contribution in [2.45, 2.75) is 0 Å². The molecule has 0 aliphatic heterocycles. The minimum Gasteiger partial charge on any atom is -0.340 e. The smallest absolute Gasteiger partial charge is 0.131 e. The van der Waals surface area contributed by atoms with Crippen LogP contribution in [0.4, 0.5) is 23.0 Å². The topological polar surface area (TPSA) is 75.6 Å². The van der Waals surface area contributed by atoms with Gasteiger partial charge in [-0.2, -0.15) is 0 Å². The molecular formula is C30H20N6. The molecule has 0 amide bonds. The van der Waals surface area contributed by atoms with Gasteiger partial charge in [0.25, 0.3) is 0 Å². The second-order valence-corrected chi connectivity index (χ2v) is 8.65. The van der Waals surface area contributed by atoms with Gasteiger partial charge in [-0.1, -0.05) is 36.4 Å². The molecule has 0 bridgehead atoms. The number of anilines is 4. The fourth-order valence-electron chi connectivity index (χ4n) is 4.52. The second-order valence-electron chi connectivity index (χ2n) is 8.65. The number of hydrogen-bond donors (Lipinski definition) is 2. The van der Waals surface area contributed by atoms with E-state index < -0.39 is 0 Å². The van der Waals surface area contributed by atoms with Crippen molar-refractivity contribution < 1.29 is 0 Å². The molecule has 7 rings (SSSR count). The monoisotopic (exact) mass is 464 g/mol. The number of benzene rings is 3. The van der Waals surface area contributed by atoms with Gasteiger partial charge in [-0.25, -0.2) is 9.97 Å². The first-order valence-electron chi connectivity index (χ1n) is 11.7. The summed E-state index contributed by atoms with van der Waals surface area (Å²) in [6.45, 7) is 0. The molecule has 4 heterocycles. The van der Waals surface area contributed by atoms with Crippen molar-refractivity contribution in [2.24, 2.45) is 0 Å². The summed E-state index contributed by atoms with van der Waals surface area (Å²) in [6, 6.07) is 32.5. The standard InChI is InChI=1S/C30H20N6/c1-3-19-5-7-21-9-15-25(35-29(21)27(19)31-17-1)33-23-11-13-24(14-12-23)34-26-16-10-22-8-6-20-4-2-18-32-28(20)30(22)36-26/h1-18H,(H,33,35)(H,34,36). The zero-order chi connectivity index (χ0) is 23.9. The second kappa shape index (κ2) is 8.29. The van der Waals surface area contributed by atoms with Crippen LogP contribution in [0.5, 0.6) is 0 Å². The lowest BCUT2D eigenvalue weighted by atomic mass is 10.1. The third kappa shape index (κ3) is 3.61. The average molecular weight is 465 g/mol. The Hall–Kier alpha value is -5.10. The van der Waals surface area contributed by atoms with Crippen LogP contribution >= 0.6 is 0 Å². The van der Waals surface area contributed by atoms with Gasteiger partial charge in [0.2, 0.25) is 0 Å². The molecule has 0 aliphatic rings. The van der Waals surface area contributed by atoms with E-state index in [0.29, 0.717) is 0 Å². The maximum atomic E-state index is 4.84. The summed E-state index contributed by atoms with van der Waals surface area (Å²) in [6.07, 6.45) is 3.61. The van der Waals surface area contributed by atoms with E-state index in [2.05, 4.69) is 69.1 Å². The highest BCUT2D eigenvalue weighted by Gasteiger charge is 2.07. The van der Waals surface area contributed by atoms with Gasteiger partial charge in [0.1, 0.15) is 11.6 Å². The molecule has 0 aliphatic carbocycles. The fourth-order valence-corrected chi connectivity index (χ4v) is 4.52. The van der Waals surface area contributed by atoms with E-state index in [0.717, 1.165) is 66.6 Å². The first-order valence-corrected chi connectivity index (χ1v) is 11.7. The van der Waals surface area contributed by atoms with Crippen LogP contribution in [0.3, 0.4) is 0 Å². The Labute approximate surface area is 206 Å². The van der Waals surface area contributed by atoms with Crippen LogP contribution in [0.1, 0.15) is 0 Å². The number of nitrogens with one attached hydrogen (secondary N) is 2. The Bertz CT molecular complexity index is 1760. The van der Waals surface area contributed by atoms with E-state index in [1.165, 1.54) is 0 Å². The molecule has 6 heteroatoms. The molecule has 3 aromatic carbocycles. The van der Waals surface area contributed by atoms with Gasteiger partial charge in [-0.3, -0.25) is 9.97 Å². The van der Waals surface area contributed by atoms with Crippen molar-refractivity contribution in [3.8, 4) is 0 Å². The molecule has 0 unspecified atom stereocenters. The number of aromatic nitrogens is 4. The quantitative estimate of drug-likeness (QED) is 0.265. The Morgan fingerprint density at radius 2 is 0.778 bits per heavy atom. The zero-order valence-corrected chi connectivity index (χ0v) is 19.2. The van der Waals surface area contributed by atoms with E-state index in [1.807, 2.05) is 48.5 Å². The Morgan fingerprint density at radius 1 is 0.389 bits per heavy atom. The van der Waals surface area contributed by atoms with Crippen molar-refractivity contribution in [3.63, 3.8) is 0 Å². The molecule has 170 valence electrons. The van der Waals surface area contributed by atoms with Crippen LogP contribution < -0.4 is 10.6 Å².